The fourth-order valence-electron chi connectivity index (χ4n) is 1.33. The predicted molar refractivity (Wildman–Crippen MR) is 63.1 cm³/mol. The Morgan fingerprint density at radius 1 is 1.21 bits per heavy atom. The Hall–Kier alpha value is -0.240. The molecule has 0 saturated carbocycles. The van der Waals surface area contributed by atoms with Gasteiger partial charge in [0.1, 0.15) is 0 Å². The van der Waals surface area contributed by atoms with E-state index < -0.39 is 0 Å². The Bertz CT molecular complexity index is 312. The molecule has 0 aliphatic carbocycles. The highest BCUT2D eigenvalue weighted by Gasteiger charge is 2.13. The second kappa shape index (κ2) is 5.01. The molecule has 78 valence electrons. The van der Waals surface area contributed by atoms with E-state index in [1.165, 1.54) is 5.56 Å². The number of hydrogen-bond acceptors (Lipinski definition) is 1. The van der Waals surface area contributed by atoms with Gasteiger partial charge in [-0.3, -0.25) is 0 Å². The first-order chi connectivity index (χ1) is 6.56. The van der Waals surface area contributed by atoms with Crippen LogP contribution in [0.15, 0.2) is 18.2 Å². The maximum absolute atomic E-state index is 5.94. The quantitative estimate of drug-likeness (QED) is 0.844. The zero-order valence-electron chi connectivity index (χ0n) is 8.43. The molecule has 0 radical (unpaired) electrons. The third-order valence-electron chi connectivity index (χ3n) is 2.69. The van der Waals surface area contributed by atoms with Gasteiger partial charge in [-0.05, 0) is 36.1 Å². The number of nitrogens with two attached hydrogens (primary N) is 1. The van der Waals surface area contributed by atoms with Crippen molar-refractivity contribution in [3.63, 3.8) is 0 Å². The predicted octanol–water partition coefficient (Wildman–Crippen LogP) is 3.69. The second-order valence-corrected chi connectivity index (χ2v) is 4.49. The van der Waals surface area contributed by atoms with Gasteiger partial charge in [0.05, 0.1) is 10.0 Å². The zero-order valence-corrected chi connectivity index (χ0v) is 9.94. The van der Waals surface area contributed by atoms with E-state index in [2.05, 4.69) is 13.8 Å². The Balaban J connectivity index is 2.91. The van der Waals surface area contributed by atoms with Gasteiger partial charge in [0.2, 0.25) is 0 Å². The Morgan fingerprint density at radius 3 is 2.36 bits per heavy atom. The van der Waals surface area contributed by atoms with Crippen LogP contribution < -0.4 is 5.73 Å². The monoisotopic (exact) mass is 231 g/mol. The van der Waals surface area contributed by atoms with Crippen molar-refractivity contribution < 1.29 is 0 Å². The largest absolute Gasteiger partial charge is 0.330 e. The van der Waals surface area contributed by atoms with Crippen LogP contribution in [-0.4, -0.2) is 6.54 Å². The van der Waals surface area contributed by atoms with Crippen LogP contribution in [0.2, 0.25) is 10.0 Å². The first-order valence-electron chi connectivity index (χ1n) is 4.71. The number of benzene rings is 1. The lowest BCUT2D eigenvalue weighted by Crippen LogP contribution is -2.16. The summed E-state index contributed by atoms with van der Waals surface area (Å²) in [5, 5.41) is 1.21. The molecule has 2 N–H and O–H groups in total. The molecule has 0 aliphatic rings. The van der Waals surface area contributed by atoms with Crippen LogP contribution in [0.4, 0.5) is 0 Å². The van der Waals surface area contributed by atoms with Gasteiger partial charge in [-0.15, -0.1) is 0 Å². The van der Waals surface area contributed by atoms with Crippen LogP contribution in [-0.2, 0) is 0 Å². The van der Waals surface area contributed by atoms with E-state index in [4.69, 9.17) is 28.9 Å². The van der Waals surface area contributed by atoms with Gasteiger partial charge in [0.15, 0.2) is 0 Å². The van der Waals surface area contributed by atoms with E-state index in [-0.39, 0.29) is 0 Å². The standard InChI is InChI=1S/C11H15Cl2N/c1-7(6-14)8(2)9-3-4-10(12)11(13)5-9/h3-5,7-8H,6,14H2,1-2H3. The molecule has 0 aliphatic heterocycles. The van der Waals surface area contributed by atoms with Crippen LogP contribution in [0.25, 0.3) is 0 Å². The van der Waals surface area contributed by atoms with Gasteiger partial charge >= 0.3 is 0 Å². The van der Waals surface area contributed by atoms with E-state index >= 15 is 0 Å². The lowest BCUT2D eigenvalue weighted by Gasteiger charge is -2.18. The summed E-state index contributed by atoms with van der Waals surface area (Å²) in [5.74, 6) is 0.863. The molecule has 2 atom stereocenters. The lowest BCUT2D eigenvalue weighted by atomic mass is 9.89. The topological polar surface area (TPSA) is 26.0 Å². The molecule has 0 fully saturated rings. The Morgan fingerprint density at radius 2 is 1.86 bits per heavy atom. The third-order valence-corrected chi connectivity index (χ3v) is 3.43. The van der Waals surface area contributed by atoms with E-state index in [1.807, 2.05) is 18.2 Å². The third kappa shape index (κ3) is 2.63. The summed E-state index contributed by atoms with van der Waals surface area (Å²) in [4.78, 5) is 0. The minimum atomic E-state index is 0.412. The van der Waals surface area contributed by atoms with Crippen molar-refractivity contribution in [1.29, 1.82) is 0 Å². The highest BCUT2D eigenvalue weighted by Crippen LogP contribution is 2.29. The van der Waals surface area contributed by atoms with Crippen molar-refractivity contribution in [2.24, 2.45) is 11.7 Å². The molecule has 1 rings (SSSR count). The normalized spacial score (nSPS) is 15.2. The van der Waals surface area contributed by atoms with Crippen molar-refractivity contribution in [2.45, 2.75) is 19.8 Å². The Labute approximate surface area is 95.2 Å². The highest BCUT2D eigenvalue weighted by molar-refractivity contribution is 6.42. The molecule has 1 nitrogen and oxygen atoms in total. The molecule has 0 aromatic heterocycles. The van der Waals surface area contributed by atoms with Crippen LogP contribution in [0.5, 0.6) is 0 Å². The summed E-state index contributed by atoms with van der Waals surface area (Å²) >= 11 is 11.8. The van der Waals surface area contributed by atoms with Crippen LogP contribution >= 0.6 is 23.2 Å². The van der Waals surface area contributed by atoms with Crippen LogP contribution in [0.3, 0.4) is 0 Å². The first-order valence-corrected chi connectivity index (χ1v) is 5.47. The molecule has 0 amide bonds. The molecule has 0 bridgehead atoms. The van der Waals surface area contributed by atoms with Crippen molar-refractivity contribution >= 4 is 23.2 Å². The van der Waals surface area contributed by atoms with Crippen LogP contribution in [0, 0.1) is 5.92 Å². The molecule has 1 aromatic carbocycles. The number of hydrogen-bond donors (Lipinski definition) is 1. The summed E-state index contributed by atoms with van der Waals surface area (Å²) in [6.07, 6.45) is 0. The molecule has 3 heteroatoms. The lowest BCUT2D eigenvalue weighted by molar-refractivity contribution is 0.499. The summed E-state index contributed by atoms with van der Waals surface area (Å²) < 4.78 is 0. The SMILES string of the molecule is CC(CN)C(C)c1ccc(Cl)c(Cl)c1. The molecule has 2 unspecified atom stereocenters. The Kier molecular flexibility index (Phi) is 4.24. The minimum Gasteiger partial charge on any atom is -0.330 e. The van der Waals surface area contributed by atoms with E-state index in [0.717, 1.165) is 0 Å². The molecule has 1 aromatic rings. The van der Waals surface area contributed by atoms with Crippen molar-refractivity contribution in [1.82, 2.24) is 0 Å². The average molecular weight is 232 g/mol. The second-order valence-electron chi connectivity index (χ2n) is 3.68. The highest BCUT2D eigenvalue weighted by atomic mass is 35.5. The number of halogens is 2. The summed E-state index contributed by atoms with van der Waals surface area (Å²) in [6, 6.07) is 5.75. The van der Waals surface area contributed by atoms with Gasteiger partial charge in [-0.25, -0.2) is 0 Å². The molecule has 0 heterocycles. The van der Waals surface area contributed by atoms with Crippen molar-refractivity contribution in [2.75, 3.05) is 6.54 Å². The maximum Gasteiger partial charge on any atom is 0.0595 e. The van der Waals surface area contributed by atoms with Crippen molar-refractivity contribution in [3.05, 3.63) is 33.8 Å². The smallest absolute Gasteiger partial charge is 0.0595 e. The number of rotatable bonds is 3. The molecule has 14 heavy (non-hydrogen) atoms. The van der Waals surface area contributed by atoms with E-state index in [0.29, 0.717) is 28.4 Å². The minimum absolute atomic E-state index is 0.412. The van der Waals surface area contributed by atoms with E-state index in [9.17, 15) is 0 Å². The zero-order chi connectivity index (χ0) is 10.7. The van der Waals surface area contributed by atoms with Gasteiger partial charge in [-0.1, -0.05) is 43.1 Å². The molecule has 0 spiro atoms. The molecule has 0 saturated heterocycles. The molecular formula is C11H15Cl2N. The van der Waals surface area contributed by atoms with Gasteiger partial charge < -0.3 is 5.73 Å². The summed E-state index contributed by atoms with van der Waals surface area (Å²) in [6.45, 7) is 4.96. The van der Waals surface area contributed by atoms with Gasteiger partial charge in [0.25, 0.3) is 0 Å². The molecular weight excluding hydrogens is 217 g/mol. The van der Waals surface area contributed by atoms with E-state index in [1.54, 1.807) is 0 Å². The first kappa shape index (κ1) is 11.8. The van der Waals surface area contributed by atoms with Gasteiger partial charge in [0, 0.05) is 0 Å². The summed E-state index contributed by atoms with van der Waals surface area (Å²) in [5.41, 5.74) is 6.81. The van der Waals surface area contributed by atoms with Crippen molar-refractivity contribution in [3.8, 4) is 0 Å². The fourth-order valence-corrected chi connectivity index (χ4v) is 1.63. The van der Waals surface area contributed by atoms with Gasteiger partial charge in [-0.2, -0.15) is 0 Å². The summed E-state index contributed by atoms with van der Waals surface area (Å²) in [7, 11) is 0. The fraction of sp³-hybridized carbons (Fsp3) is 0.455. The van der Waals surface area contributed by atoms with Crippen LogP contribution in [0.1, 0.15) is 25.3 Å². The maximum atomic E-state index is 5.94. The average Bonchev–Trinajstić information content (AvgIpc) is 2.20.